The molecule has 0 aliphatic carbocycles. The van der Waals surface area contributed by atoms with Gasteiger partial charge in [0.05, 0.1) is 24.3 Å². The summed E-state index contributed by atoms with van der Waals surface area (Å²) in [5.74, 6) is 1.50. The first-order valence-corrected chi connectivity index (χ1v) is 11.1. The molecule has 2 aromatic carbocycles. The van der Waals surface area contributed by atoms with E-state index >= 15 is 0 Å². The highest BCUT2D eigenvalue weighted by molar-refractivity contribution is 6.05. The van der Waals surface area contributed by atoms with Gasteiger partial charge in [-0.2, -0.15) is 0 Å². The number of aromatic nitrogens is 1. The minimum atomic E-state index is 0.00625. The molecule has 1 aromatic heterocycles. The standard InChI is InChI=1S/C25H27N3O4/c29-25(21-7-8-26-22-4-2-1-3-20(21)22)28(10-9-27-11-13-30-14-12-27)18-19-5-6-23-24(17-19)32-16-15-31-23/h1-8,17H,9-16,18H2. The topological polar surface area (TPSA) is 64.1 Å². The van der Waals surface area contributed by atoms with E-state index in [9.17, 15) is 4.79 Å². The number of carbonyl (C=O) groups excluding carboxylic acids is 1. The van der Waals surface area contributed by atoms with Crippen LogP contribution in [-0.2, 0) is 11.3 Å². The van der Waals surface area contributed by atoms with Crippen molar-refractivity contribution in [1.29, 1.82) is 0 Å². The lowest BCUT2D eigenvalue weighted by Crippen LogP contribution is -2.43. The summed E-state index contributed by atoms with van der Waals surface area (Å²) in [7, 11) is 0. The number of pyridine rings is 1. The molecule has 0 N–H and O–H groups in total. The number of carbonyl (C=O) groups is 1. The van der Waals surface area contributed by atoms with Crippen LogP contribution in [0.15, 0.2) is 54.7 Å². The fourth-order valence-corrected chi connectivity index (χ4v) is 4.20. The Morgan fingerprint density at radius 2 is 1.78 bits per heavy atom. The van der Waals surface area contributed by atoms with Crippen molar-refractivity contribution in [1.82, 2.24) is 14.8 Å². The molecule has 1 amide bonds. The third-order valence-electron chi connectivity index (χ3n) is 5.94. The minimum Gasteiger partial charge on any atom is -0.486 e. The second kappa shape index (κ2) is 9.54. The van der Waals surface area contributed by atoms with E-state index in [1.807, 2.05) is 53.4 Å². The summed E-state index contributed by atoms with van der Waals surface area (Å²) in [5, 5.41) is 0.874. The first-order valence-electron chi connectivity index (χ1n) is 11.1. The highest BCUT2D eigenvalue weighted by atomic mass is 16.6. The lowest BCUT2D eigenvalue weighted by atomic mass is 10.1. The molecule has 0 radical (unpaired) electrons. The van der Waals surface area contributed by atoms with E-state index in [1.54, 1.807) is 6.20 Å². The molecule has 3 aromatic rings. The molecule has 1 fully saturated rings. The number of ether oxygens (including phenoxy) is 3. The van der Waals surface area contributed by atoms with Crippen molar-refractivity contribution >= 4 is 16.8 Å². The maximum Gasteiger partial charge on any atom is 0.254 e. The number of morpholine rings is 1. The van der Waals surface area contributed by atoms with Crippen LogP contribution in [0.2, 0.25) is 0 Å². The van der Waals surface area contributed by atoms with E-state index in [1.165, 1.54) is 0 Å². The zero-order valence-corrected chi connectivity index (χ0v) is 18.0. The number of fused-ring (bicyclic) bond motifs is 2. The van der Waals surface area contributed by atoms with Gasteiger partial charge in [-0.15, -0.1) is 0 Å². The van der Waals surface area contributed by atoms with E-state index in [0.717, 1.165) is 60.8 Å². The molecule has 0 bridgehead atoms. The van der Waals surface area contributed by atoms with Crippen LogP contribution in [0.1, 0.15) is 15.9 Å². The SMILES string of the molecule is O=C(c1ccnc2ccccc12)N(CCN1CCOCC1)Cc1ccc2c(c1)OCCO2. The van der Waals surface area contributed by atoms with Gasteiger partial charge in [0.2, 0.25) is 0 Å². The zero-order valence-electron chi connectivity index (χ0n) is 18.0. The fourth-order valence-electron chi connectivity index (χ4n) is 4.20. The van der Waals surface area contributed by atoms with Gasteiger partial charge in [0.1, 0.15) is 13.2 Å². The number of nitrogens with zero attached hydrogens (tertiary/aromatic N) is 3. The van der Waals surface area contributed by atoms with Gasteiger partial charge in [0.15, 0.2) is 11.5 Å². The van der Waals surface area contributed by atoms with Crippen molar-refractivity contribution in [2.24, 2.45) is 0 Å². The lowest BCUT2D eigenvalue weighted by molar-refractivity contribution is 0.0320. The van der Waals surface area contributed by atoms with Gasteiger partial charge in [0.25, 0.3) is 5.91 Å². The summed E-state index contributed by atoms with van der Waals surface area (Å²) in [6.07, 6.45) is 1.71. The molecular formula is C25H27N3O4. The summed E-state index contributed by atoms with van der Waals surface area (Å²) in [5.41, 5.74) is 2.52. The Morgan fingerprint density at radius 3 is 2.66 bits per heavy atom. The molecule has 2 aliphatic rings. The molecule has 0 spiro atoms. The van der Waals surface area contributed by atoms with Gasteiger partial charge >= 0.3 is 0 Å². The molecular weight excluding hydrogens is 406 g/mol. The van der Waals surface area contributed by atoms with Gasteiger partial charge in [-0.05, 0) is 29.8 Å². The molecule has 7 heteroatoms. The number of rotatable bonds is 6. The molecule has 3 heterocycles. The van der Waals surface area contributed by atoms with Crippen LogP contribution in [0.3, 0.4) is 0 Å². The quantitative estimate of drug-likeness (QED) is 0.596. The van der Waals surface area contributed by atoms with Gasteiger partial charge in [-0.1, -0.05) is 24.3 Å². The summed E-state index contributed by atoms with van der Waals surface area (Å²) in [4.78, 5) is 22.4. The Morgan fingerprint density at radius 1 is 0.969 bits per heavy atom. The second-order valence-electron chi connectivity index (χ2n) is 8.03. The summed E-state index contributed by atoms with van der Waals surface area (Å²) >= 11 is 0. The van der Waals surface area contributed by atoms with Crippen molar-refractivity contribution in [2.45, 2.75) is 6.54 Å². The van der Waals surface area contributed by atoms with Gasteiger partial charge in [-0.3, -0.25) is 14.7 Å². The molecule has 2 aliphatic heterocycles. The maximum absolute atomic E-state index is 13.7. The fraction of sp³-hybridized carbons (Fsp3) is 0.360. The van der Waals surface area contributed by atoms with Gasteiger partial charge in [0, 0.05) is 44.3 Å². The smallest absolute Gasteiger partial charge is 0.254 e. The number of para-hydroxylation sites is 1. The van der Waals surface area contributed by atoms with Crippen LogP contribution in [0.5, 0.6) is 11.5 Å². The Hall–Kier alpha value is -3.16. The van der Waals surface area contributed by atoms with Crippen LogP contribution in [0.25, 0.3) is 10.9 Å². The number of benzene rings is 2. The average Bonchev–Trinajstić information content (AvgIpc) is 2.86. The predicted molar refractivity (Wildman–Crippen MR) is 121 cm³/mol. The predicted octanol–water partition coefficient (Wildman–Crippen LogP) is 2.98. The molecule has 166 valence electrons. The normalized spacial score (nSPS) is 16.1. The van der Waals surface area contributed by atoms with Crippen LogP contribution >= 0.6 is 0 Å². The average molecular weight is 434 g/mol. The lowest BCUT2D eigenvalue weighted by Gasteiger charge is -2.30. The molecule has 32 heavy (non-hydrogen) atoms. The van der Waals surface area contributed by atoms with E-state index < -0.39 is 0 Å². The van der Waals surface area contributed by atoms with Crippen LogP contribution in [0, 0.1) is 0 Å². The first kappa shape index (κ1) is 20.7. The summed E-state index contributed by atoms with van der Waals surface area (Å²) in [6.45, 7) is 6.30. The van der Waals surface area contributed by atoms with Crippen molar-refractivity contribution in [3.63, 3.8) is 0 Å². The van der Waals surface area contributed by atoms with E-state index in [4.69, 9.17) is 14.2 Å². The number of amides is 1. The van der Waals surface area contributed by atoms with Gasteiger partial charge < -0.3 is 19.1 Å². The van der Waals surface area contributed by atoms with Crippen LogP contribution < -0.4 is 9.47 Å². The third-order valence-corrected chi connectivity index (χ3v) is 5.94. The molecule has 5 rings (SSSR count). The Kier molecular flexibility index (Phi) is 6.18. The van der Waals surface area contributed by atoms with Crippen molar-refractivity contribution < 1.29 is 19.0 Å². The van der Waals surface area contributed by atoms with Crippen molar-refractivity contribution in [3.05, 3.63) is 65.9 Å². The van der Waals surface area contributed by atoms with Crippen LogP contribution in [-0.4, -0.2) is 73.3 Å². The highest BCUT2D eigenvalue weighted by Gasteiger charge is 2.21. The molecule has 0 saturated carbocycles. The molecule has 1 saturated heterocycles. The van der Waals surface area contributed by atoms with E-state index in [-0.39, 0.29) is 5.91 Å². The van der Waals surface area contributed by atoms with Crippen LogP contribution in [0.4, 0.5) is 0 Å². The molecule has 7 nitrogen and oxygen atoms in total. The molecule has 0 atom stereocenters. The maximum atomic E-state index is 13.7. The summed E-state index contributed by atoms with van der Waals surface area (Å²) in [6, 6.07) is 15.5. The highest BCUT2D eigenvalue weighted by Crippen LogP contribution is 2.31. The van der Waals surface area contributed by atoms with E-state index in [2.05, 4.69) is 9.88 Å². The molecule has 0 unspecified atom stereocenters. The van der Waals surface area contributed by atoms with Crippen molar-refractivity contribution in [3.8, 4) is 11.5 Å². The Bertz CT molecular complexity index is 1090. The number of hydrogen-bond donors (Lipinski definition) is 0. The number of hydrogen-bond acceptors (Lipinski definition) is 6. The summed E-state index contributed by atoms with van der Waals surface area (Å²) < 4.78 is 16.9. The Labute approximate surface area is 187 Å². The van der Waals surface area contributed by atoms with Crippen molar-refractivity contribution in [2.75, 3.05) is 52.6 Å². The Balaban J connectivity index is 1.41. The largest absolute Gasteiger partial charge is 0.486 e. The first-order chi connectivity index (χ1) is 15.8. The third kappa shape index (κ3) is 4.54. The monoisotopic (exact) mass is 433 g/mol. The van der Waals surface area contributed by atoms with Gasteiger partial charge in [-0.25, -0.2) is 0 Å². The minimum absolute atomic E-state index is 0.00625. The second-order valence-corrected chi connectivity index (χ2v) is 8.03. The van der Waals surface area contributed by atoms with E-state index in [0.29, 0.717) is 31.9 Å². The zero-order chi connectivity index (χ0) is 21.8.